The number of nitrogens with zero attached hydrogens (tertiary/aromatic N) is 1. The average molecular weight is 332 g/mol. The molecule has 0 heterocycles. The third-order valence-corrected chi connectivity index (χ3v) is 3.19. The van der Waals surface area contributed by atoms with Crippen LogP contribution in [0.25, 0.3) is 0 Å². The van der Waals surface area contributed by atoms with Gasteiger partial charge >= 0.3 is 6.18 Å². The normalized spacial score (nSPS) is 12.6. The molecule has 0 aliphatic carbocycles. The number of alkyl halides is 3. The Bertz CT molecular complexity index is 542. The fourth-order valence-electron chi connectivity index (χ4n) is 1.89. The number of amides is 2. The molecule has 0 radical (unpaired) electrons. The van der Waals surface area contributed by atoms with E-state index in [9.17, 15) is 22.8 Å². The lowest BCUT2D eigenvalue weighted by Gasteiger charge is -2.15. The monoisotopic (exact) mass is 332 g/mol. The smallest absolute Gasteiger partial charge is 0.347 e. The van der Waals surface area contributed by atoms with Crippen LogP contribution in [0, 0.1) is 0 Å². The lowest BCUT2D eigenvalue weighted by molar-refractivity contribution is -0.885. The number of carbonyl (C=O) groups is 2. The summed E-state index contributed by atoms with van der Waals surface area (Å²) in [4.78, 5) is 25.2. The minimum absolute atomic E-state index is 0.0700. The van der Waals surface area contributed by atoms with Crippen LogP contribution in [0.2, 0.25) is 0 Å². The van der Waals surface area contributed by atoms with Crippen LogP contribution < -0.4 is 10.2 Å². The maximum atomic E-state index is 12.5. The molecule has 2 amide bonds. The molecule has 0 aliphatic rings. The molecule has 1 rings (SSSR count). The lowest BCUT2D eigenvalue weighted by atomic mass is 10.1. The molecule has 1 aromatic rings. The number of quaternary nitrogens is 1. The van der Waals surface area contributed by atoms with Crippen molar-refractivity contribution in [3.63, 3.8) is 0 Å². The summed E-state index contributed by atoms with van der Waals surface area (Å²) in [7, 11) is 4.94. The maximum absolute atomic E-state index is 12.5. The zero-order chi connectivity index (χ0) is 17.6. The number of likely N-dealkylation sites (N-methyl/N-ethyl adjacent to an activating group) is 2. The minimum atomic E-state index is -4.35. The molecule has 0 aromatic heterocycles. The van der Waals surface area contributed by atoms with Crippen LogP contribution in [0.15, 0.2) is 24.3 Å². The molecule has 1 atom stereocenters. The first-order valence-electron chi connectivity index (χ1n) is 7.04. The lowest BCUT2D eigenvalue weighted by Crippen LogP contribution is -3.08. The zero-order valence-electron chi connectivity index (χ0n) is 13.3. The molecule has 0 fully saturated rings. The summed E-state index contributed by atoms with van der Waals surface area (Å²) in [6, 6.07) is 4.86. The molecular formula is C15H21F3N3O2+. The van der Waals surface area contributed by atoms with E-state index >= 15 is 0 Å². The quantitative estimate of drug-likeness (QED) is 0.766. The molecule has 0 spiro atoms. The Hall–Kier alpha value is -2.09. The van der Waals surface area contributed by atoms with Gasteiger partial charge in [-0.2, -0.15) is 13.2 Å². The number of nitrogens with one attached hydrogen (secondary N) is 2. The molecule has 0 aliphatic heterocycles. The van der Waals surface area contributed by atoms with Crippen molar-refractivity contribution in [3.8, 4) is 0 Å². The van der Waals surface area contributed by atoms with Crippen LogP contribution in [0.5, 0.6) is 0 Å². The fourth-order valence-corrected chi connectivity index (χ4v) is 1.89. The molecule has 0 bridgehead atoms. The van der Waals surface area contributed by atoms with Gasteiger partial charge < -0.3 is 15.1 Å². The van der Waals surface area contributed by atoms with Gasteiger partial charge in [-0.25, -0.2) is 0 Å². The Morgan fingerprint density at radius 2 is 1.74 bits per heavy atom. The third-order valence-electron chi connectivity index (χ3n) is 3.19. The zero-order valence-corrected chi connectivity index (χ0v) is 13.3. The van der Waals surface area contributed by atoms with Gasteiger partial charge in [0, 0.05) is 19.7 Å². The molecule has 23 heavy (non-hydrogen) atoms. The summed E-state index contributed by atoms with van der Waals surface area (Å²) in [5, 5.41) is 2.51. The van der Waals surface area contributed by atoms with Gasteiger partial charge in [-0.05, 0) is 12.1 Å². The van der Waals surface area contributed by atoms with E-state index in [1.165, 1.54) is 17.0 Å². The van der Waals surface area contributed by atoms with Crippen molar-refractivity contribution in [1.29, 1.82) is 0 Å². The van der Waals surface area contributed by atoms with Crippen molar-refractivity contribution in [3.05, 3.63) is 35.4 Å². The molecule has 2 N–H and O–H groups in total. The first-order valence-corrected chi connectivity index (χ1v) is 7.04. The first kappa shape index (κ1) is 19.0. The van der Waals surface area contributed by atoms with Gasteiger partial charge in [0.25, 0.3) is 5.91 Å². The highest BCUT2D eigenvalue weighted by Gasteiger charge is 2.30. The fraction of sp³-hybridized carbons (Fsp3) is 0.467. The molecular weight excluding hydrogens is 311 g/mol. The van der Waals surface area contributed by atoms with Crippen LogP contribution in [0.4, 0.5) is 13.2 Å². The van der Waals surface area contributed by atoms with Crippen molar-refractivity contribution in [1.82, 2.24) is 10.2 Å². The molecule has 1 unspecified atom stereocenters. The molecule has 128 valence electrons. The SMILES string of the molecule is CN(C)C(=O)CNC(=O)C[NH+](C)Cc1ccc(C(F)(F)F)cc1. The Kier molecular flexibility index (Phi) is 6.56. The van der Waals surface area contributed by atoms with Crippen molar-refractivity contribution in [2.45, 2.75) is 12.7 Å². The molecule has 8 heteroatoms. The van der Waals surface area contributed by atoms with Crippen LogP contribution in [0.1, 0.15) is 11.1 Å². The second-order valence-corrected chi connectivity index (χ2v) is 5.57. The summed E-state index contributed by atoms with van der Waals surface area (Å²) in [5.74, 6) is -0.497. The standard InChI is InChI=1S/C15H20F3N3O2/c1-20(2)14(23)8-19-13(22)10-21(3)9-11-4-6-12(7-5-11)15(16,17)18/h4-7H,8-10H2,1-3H3,(H,19,22)/p+1. The van der Waals surface area contributed by atoms with Gasteiger partial charge in [-0.3, -0.25) is 9.59 Å². The van der Waals surface area contributed by atoms with Gasteiger partial charge in [0.15, 0.2) is 6.54 Å². The highest BCUT2D eigenvalue weighted by atomic mass is 19.4. The Morgan fingerprint density at radius 1 is 1.17 bits per heavy atom. The topological polar surface area (TPSA) is 53.9 Å². The van der Waals surface area contributed by atoms with E-state index in [0.717, 1.165) is 17.0 Å². The maximum Gasteiger partial charge on any atom is 0.416 e. The van der Waals surface area contributed by atoms with Gasteiger partial charge in [-0.1, -0.05) is 12.1 Å². The summed E-state index contributed by atoms with van der Waals surface area (Å²) >= 11 is 0. The van der Waals surface area contributed by atoms with E-state index in [2.05, 4.69) is 5.32 Å². The predicted molar refractivity (Wildman–Crippen MR) is 78.6 cm³/mol. The Labute approximate surface area is 133 Å². The Morgan fingerprint density at radius 3 is 2.22 bits per heavy atom. The molecule has 5 nitrogen and oxygen atoms in total. The number of carbonyl (C=O) groups excluding carboxylic acids is 2. The molecule has 1 aromatic carbocycles. The van der Waals surface area contributed by atoms with Gasteiger partial charge in [0.2, 0.25) is 5.91 Å². The summed E-state index contributed by atoms with van der Waals surface area (Å²) < 4.78 is 37.4. The second kappa shape index (κ2) is 7.96. The molecule has 0 saturated heterocycles. The number of benzene rings is 1. The average Bonchev–Trinajstić information content (AvgIpc) is 2.44. The predicted octanol–water partition coefficient (Wildman–Crippen LogP) is -0.0755. The third kappa shape index (κ3) is 6.68. The highest BCUT2D eigenvalue weighted by Crippen LogP contribution is 2.28. The van der Waals surface area contributed by atoms with E-state index in [0.29, 0.717) is 12.1 Å². The summed E-state index contributed by atoms with van der Waals surface area (Å²) in [6.07, 6.45) is -4.35. The van der Waals surface area contributed by atoms with Crippen molar-refractivity contribution in [2.24, 2.45) is 0 Å². The molecule has 0 saturated carbocycles. The van der Waals surface area contributed by atoms with E-state index in [1.54, 1.807) is 21.1 Å². The van der Waals surface area contributed by atoms with Crippen molar-refractivity contribution in [2.75, 3.05) is 34.2 Å². The van der Waals surface area contributed by atoms with Crippen molar-refractivity contribution < 1.29 is 27.7 Å². The van der Waals surface area contributed by atoms with E-state index < -0.39 is 11.7 Å². The number of hydrogen-bond acceptors (Lipinski definition) is 2. The van der Waals surface area contributed by atoms with Crippen LogP contribution >= 0.6 is 0 Å². The van der Waals surface area contributed by atoms with Crippen LogP contribution in [-0.2, 0) is 22.3 Å². The van der Waals surface area contributed by atoms with Gasteiger partial charge in [0.05, 0.1) is 19.2 Å². The minimum Gasteiger partial charge on any atom is -0.347 e. The van der Waals surface area contributed by atoms with Crippen LogP contribution in [0.3, 0.4) is 0 Å². The second-order valence-electron chi connectivity index (χ2n) is 5.57. The van der Waals surface area contributed by atoms with E-state index in [4.69, 9.17) is 0 Å². The number of halogens is 3. The van der Waals surface area contributed by atoms with Gasteiger partial charge in [-0.15, -0.1) is 0 Å². The summed E-state index contributed by atoms with van der Waals surface area (Å²) in [6.45, 7) is 0.467. The Balaban J connectivity index is 2.45. The van der Waals surface area contributed by atoms with Gasteiger partial charge in [0.1, 0.15) is 6.54 Å². The van der Waals surface area contributed by atoms with E-state index in [-0.39, 0.29) is 24.9 Å². The van der Waals surface area contributed by atoms with Crippen molar-refractivity contribution >= 4 is 11.8 Å². The largest absolute Gasteiger partial charge is 0.416 e. The summed E-state index contributed by atoms with van der Waals surface area (Å²) in [5.41, 5.74) is 0.00603. The van der Waals surface area contributed by atoms with Crippen LogP contribution in [-0.4, -0.2) is 50.9 Å². The first-order chi connectivity index (χ1) is 10.6. The number of rotatable bonds is 6. The van der Waals surface area contributed by atoms with E-state index in [1.807, 2.05) is 0 Å². The number of hydrogen-bond donors (Lipinski definition) is 2. The highest BCUT2D eigenvalue weighted by molar-refractivity contribution is 5.84.